The van der Waals surface area contributed by atoms with Crippen molar-refractivity contribution in [3.63, 3.8) is 0 Å². The molecule has 0 aliphatic heterocycles. The number of unbranched alkanes of at least 4 members (excludes halogenated alkanes) is 9. The van der Waals surface area contributed by atoms with Crippen LogP contribution in [0.25, 0.3) is 0 Å². The summed E-state index contributed by atoms with van der Waals surface area (Å²) in [5, 5.41) is 17.4. The van der Waals surface area contributed by atoms with Crippen LogP contribution in [-0.2, 0) is 0 Å². The first kappa shape index (κ1) is 20.5. The third kappa shape index (κ3) is 19.5. The molecule has 0 fully saturated rings. The maximum absolute atomic E-state index is 8.71. The molecule has 2 nitrogen and oxygen atoms in total. The average Bonchev–Trinajstić information content (AvgIpc) is 2.46. The standard InChI is InChI=1S/C18H35BO2/c1-2-3-4-5-6-7-8-9-10-11-12-13-14-15-16-17-18-19(20)21/h6-7,9-10,20-21H,2-5,8,11-18H2,1H3/b7-6-,10-9-. The fourth-order valence-corrected chi connectivity index (χ4v) is 2.32. The molecule has 21 heavy (non-hydrogen) atoms. The molecule has 0 spiro atoms. The third-order valence-corrected chi connectivity index (χ3v) is 3.66. The first-order chi connectivity index (χ1) is 10.3. The average molecular weight is 294 g/mol. The van der Waals surface area contributed by atoms with Gasteiger partial charge in [-0.2, -0.15) is 0 Å². The molecule has 0 amide bonds. The van der Waals surface area contributed by atoms with Gasteiger partial charge in [-0.05, 0) is 38.4 Å². The van der Waals surface area contributed by atoms with Crippen LogP contribution in [0, 0.1) is 0 Å². The smallest absolute Gasteiger partial charge is 0.427 e. The van der Waals surface area contributed by atoms with Gasteiger partial charge in [0, 0.05) is 0 Å². The first-order valence-corrected chi connectivity index (χ1v) is 8.93. The molecule has 0 aliphatic carbocycles. The van der Waals surface area contributed by atoms with E-state index in [1.165, 1.54) is 57.8 Å². The van der Waals surface area contributed by atoms with Crippen molar-refractivity contribution in [2.45, 2.75) is 90.3 Å². The van der Waals surface area contributed by atoms with Crippen LogP contribution < -0.4 is 0 Å². The molecule has 2 N–H and O–H groups in total. The van der Waals surface area contributed by atoms with Crippen LogP contribution in [-0.4, -0.2) is 17.2 Å². The van der Waals surface area contributed by atoms with E-state index in [-0.39, 0.29) is 0 Å². The van der Waals surface area contributed by atoms with Gasteiger partial charge >= 0.3 is 7.12 Å². The fraction of sp³-hybridized carbons (Fsp3) is 0.778. The summed E-state index contributed by atoms with van der Waals surface area (Å²) >= 11 is 0. The SMILES string of the molecule is CCCCC/C=C\C/C=C\CCCCCCCCB(O)O. The van der Waals surface area contributed by atoms with Crippen molar-refractivity contribution in [1.82, 2.24) is 0 Å². The van der Waals surface area contributed by atoms with E-state index in [1.54, 1.807) is 0 Å². The molecule has 0 radical (unpaired) electrons. The van der Waals surface area contributed by atoms with Gasteiger partial charge in [0.2, 0.25) is 0 Å². The molecule has 122 valence electrons. The van der Waals surface area contributed by atoms with E-state index in [4.69, 9.17) is 10.0 Å². The second-order valence-electron chi connectivity index (χ2n) is 5.85. The Kier molecular flexibility index (Phi) is 17.1. The summed E-state index contributed by atoms with van der Waals surface area (Å²) in [4.78, 5) is 0. The molecule has 0 heterocycles. The lowest BCUT2D eigenvalue weighted by molar-refractivity contribution is 0.401. The molecule has 0 aliphatic rings. The second-order valence-corrected chi connectivity index (χ2v) is 5.85. The predicted molar refractivity (Wildman–Crippen MR) is 94.4 cm³/mol. The molecule has 3 heteroatoms. The van der Waals surface area contributed by atoms with E-state index < -0.39 is 7.12 Å². The van der Waals surface area contributed by atoms with E-state index >= 15 is 0 Å². The van der Waals surface area contributed by atoms with E-state index in [0.717, 1.165) is 19.3 Å². The highest BCUT2D eigenvalue weighted by Crippen LogP contribution is 2.09. The van der Waals surface area contributed by atoms with Gasteiger partial charge in [-0.3, -0.25) is 0 Å². The van der Waals surface area contributed by atoms with Crippen LogP contribution >= 0.6 is 0 Å². The van der Waals surface area contributed by atoms with Crippen LogP contribution in [0.2, 0.25) is 6.32 Å². The van der Waals surface area contributed by atoms with Crippen LogP contribution in [0.15, 0.2) is 24.3 Å². The number of hydrogen-bond acceptors (Lipinski definition) is 2. The van der Waals surface area contributed by atoms with Gasteiger partial charge in [0.05, 0.1) is 0 Å². The fourth-order valence-electron chi connectivity index (χ4n) is 2.32. The molecule has 0 aromatic rings. The largest absolute Gasteiger partial charge is 0.451 e. The zero-order chi connectivity index (χ0) is 15.6. The highest BCUT2D eigenvalue weighted by molar-refractivity contribution is 6.40. The van der Waals surface area contributed by atoms with Gasteiger partial charge in [0.25, 0.3) is 0 Å². The molecule has 0 saturated heterocycles. The van der Waals surface area contributed by atoms with Crippen LogP contribution in [0.5, 0.6) is 0 Å². The third-order valence-electron chi connectivity index (χ3n) is 3.66. The zero-order valence-electron chi connectivity index (χ0n) is 14.0. The van der Waals surface area contributed by atoms with Crippen molar-refractivity contribution >= 4 is 7.12 Å². The normalized spacial score (nSPS) is 11.8. The molecule has 0 aromatic carbocycles. The van der Waals surface area contributed by atoms with E-state index in [1.807, 2.05) is 0 Å². The van der Waals surface area contributed by atoms with Gasteiger partial charge in [0.1, 0.15) is 0 Å². The predicted octanol–water partition coefficient (Wildman–Crippen LogP) is 5.27. The van der Waals surface area contributed by atoms with Crippen molar-refractivity contribution in [3.05, 3.63) is 24.3 Å². The van der Waals surface area contributed by atoms with E-state index in [9.17, 15) is 0 Å². The Labute approximate surface area is 132 Å². The summed E-state index contributed by atoms with van der Waals surface area (Å²) < 4.78 is 0. The highest BCUT2D eigenvalue weighted by atomic mass is 16.4. The summed E-state index contributed by atoms with van der Waals surface area (Å²) in [5.74, 6) is 0. The molecular formula is C18H35BO2. The Morgan fingerprint density at radius 2 is 1.19 bits per heavy atom. The van der Waals surface area contributed by atoms with Crippen molar-refractivity contribution in [2.75, 3.05) is 0 Å². The molecular weight excluding hydrogens is 259 g/mol. The Morgan fingerprint density at radius 3 is 1.76 bits per heavy atom. The Balaban J connectivity index is 3.15. The van der Waals surface area contributed by atoms with Crippen molar-refractivity contribution in [1.29, 1.82) is 0 Å². The van der Waals surface area contributed by atoms with Crippen LogP contribution in [0.1, 0.15) is 84.0 Å². The van der Waals surface area contributed by atoms with E-state index in [2.05, 4.69) is 31.2 Å². The molecule has 0 bridgehead atoms. The minimum absolute atomic E-state index is 0.523. The van der Waals surface area contributed by atoms with E-state index in [0.29, 0.717) is 6.32 Å². The maximum atomic E-state index is 8.71. The molecule has 0 saturated carbocycles. The first-order valence-electron chi connectivity index (χ1n) is 8.93. The lowest BCUT2D eigenvalue weighted by atomic mass is 9.83. The van der Waals surface area contributed by atoms with Crippen molar-refractivity contribution in [3.8, 4) is 0 Å². The minimum atomic E-state index is -1.11. The number of rotatable bonds is 15. The summed E-state index contributed by atoms with van der Waals surface area (Å²) in [6.45, 7) is 2.24. The Hall–Kier alpha value is -0.535. The van der Waals surface area contributed by atoms with Gasteiger partial charge < -0.3 is 10.0 Å². The topological polar surface area (TPSA) is 40.5 Å². The van der Waals surface area contributed by atoms with Crippen molar-refractivity contribution < 1.29 is 10.0 Å². The van der Waals surface area contributed by atoms with Gasteiger partial charge in [-0.15, -0.1) is 0 Å². The lowest BCUT2D eigenvalue weighted by Gasteiger charge is -2.00. The van der Waals surface area contributed by atoms with Crippen LogP contribution in [0.3, 0.4) is 0 Å². The summed E-state index contributed by atoms with van der Waals surface area (Å²) in [6.07, 6.45) is 24.3. The summed E-state index contributed by atoms with van der Waals surface area (Å²) in [6, 6.07) is 0. The zero-order valence-corrected chi connectivity index (χ0v) is 14.0. The Bertz CT molecular complexity index is 250. The van der Waals surface area contributed by atoms with Crippen molar-refractivity contribution in [2.24, 2.45) is 0 Å². The van der Waals surface area contributed by atoms with Gasteiger partial charge in [-0.25, -0.2) is 0 Å². The number of allylic oxidation sites excluding steroid dienone is 4. The summed E-state index contributed by atoms with van der Waals surface area (Å²) in [7, 11) is -1.11. The van der Waals surface area contributed by atoms with Gasteiger partial charge in [-0.1, -0.05) is 76.2 Å². The van der Waals surface area contributed by atoms with Gasteiger partial charge in [0.15, 0.2) is 0 Å². The number of hydrogen-bond donors (Lipinski definition) is 2. The quantitative estimate of drug-likeness (QED) is 0.245. The molecule has 0 atom stereocenters. The lowest BCUT2D eigenvalue weighted by Crippen LogP contribution is -2.09. The highest BCUT2D eigenvalue weighted by Gasteiger charge is 2.04. The monoisotopic (exact) mass is 294 g/mol. The summed E-state index contributed by atoms with van der Waals surface area (Å²) in [5.41, 5.74) is 0. The molecule has 0 aromatic heterocycles. The van der Waals surface area contributed by atoms with Crippen LogP contribution in [0.4, 0.5) is 0 Å². The second kappa shape index (κ2) is 17.5. The maximum Gasteiger partial charge on any atom is 0.451 e. The Morgan fingerprint density at radius 1 is 0.667 bits per heavy atom. The minimum Gasteiger partial charge on any atom is -0.427 e. The molecule has 0 rings (SSSR count). The molecule has 0 unspecified atom stereocenters.